The lowest BCUT2D eigenvalue weighted by Crippen LogP contribution is -2.33. The molecule has 2 fully saturated rings. The molecule has 0 bridgehead atoms. The van der Waals surface area contributed by atoms with Crippen molar-refractivity contribution in [1.29, 1.82) is 0 Å². The quantitative estimate of drug-likeness (QED) is 0.777. The van der Waals surface area contributed by atoms with Crippen molar-refractivity contribution in [2.75, 3.05) is 20.2 Å². The molecule has 0 saturated heterocycles. The second-order valence-corrected chi connectivity index (χ2v) is 6.91. The Morgan fingerprint density at radius 1 is 1.25 bits per heavy atom. The molecule has 0 radical (unpaired) electrons. The summed E-state index contributed by atoms with van der Waals surface area (Å²) in [7, 11) is 2.08. The largest absolute Gasteiger partial charge is 0.376 e. The molecule has 0 amide bonds. The fourth-order valence-corrected chi connectivity index (χ4v) is 3.39. The van der Waals surface area contributed by atoms with Crippen LogP contribution < -0.4 is 5.32 Å². The fraction of sp³-hybridized carbons (Fsp3) is 1.00. The van der Waals surface area contributed by atoms with Crippen LogP contribution in [0.4, 0.5) is 0 Å². The summed E-state index contributed by atoms with van der Waals surface area (Å²) in [5, 5.41) is 3.38. The van der Waals surface area contributed by atoms with Crippen LogP contribution in [0.2, 0.25) is 0 Å². The summed E-state index contributed by atoms with van der Waals surface area (Å²) in [6, 6.07) is 0. The number of fused-ring (bicyclic) bond motifs is 1. The van der Waals surface area contributed by atoms with Crippen molar-refractivity contribution in [1.82, 2.24) is 5.32 Å². The number of hydrogen-bond donors (Lipinski definition) is 1. The van der Waals surface area contributed by atoms with Crippen molar-refractivity contribution < 1.29 is 4.74 Å². The second-order valence-electron chi connectivity index (χ2n) is 6.91. The van der Waals surface area contributed by atoms with Crippen LogP contribution in [0.15, 0.2) is 0 Å². The minimum atomic E-state index is 0.0162. The van der Waals surface area contributed by atoms with E-state index in [1.165, 1.54) is 32.2 Å². The normalized spacial score (nSPS) is 37.5. The van der Waals surface area contributed by atoms with Gasteiger partial charge in [-0.25, -0.2) is 0 Å². The van der Waals surface area contributed by atoms with Crippen molar-refractivity contribution in [3.8, 4) is 0 Å². The van der Waals surface area contributed by atoms with Gasteiger partial charge >= 0.3 is 0 Å². The highest BCUT2D eigenvalue weighted by Crippen LogP contribution is 2.60. The molecule has 94 valence electrons. The topological polar surface area (TPSA) is 21.3 Å². The molecular formula is C14H27NO. The zero-order chi connectivity index (χ0) is 11.8. The van der Waals surface area contributed by atoms with Gasteiger partial charge in [0.15, 0.2) is 0 Å². The molecule has 2 unspecified atom stereocenters. The Labute approximate surface area is 100 Å². The monoisotopic (exact) mass is 225 g/mol. The minimum Gasteiger partial charge on any atom is -0.376 e. The van der Waals surface area contributed by atoms with Gasteiger partial charge in [-0.3, -0.25) is 0 Å². The molecule has 0 aromatic rings. The highest BCUT2D eigenvalue weighted by Gasteiger charge is 2.52. The van der Waals surface area contributed by atoms with Gasteiger partial charge in [-0.05, 0) is 70.8 Å². The van der Waals surface area contributed by atoms with E-state index in [4.69, 9.17) is 4.74 Å². The summed E-state index contributed by atoms with van der Waals surface area (Å²) in [4.78, 5) is 0. The summed E-state index contributed by atoms with van der Waals surface area (Å²) in [6.07, 6.45) is 5.61. The predicted molar refractivity (Wildman–Crippen MR) is 67.5 cm³/mol. The summed E-state index contributed by atoms with van der Waals surface area (Å²) >= 11 is 0. The molecule has 2 atom stereocenters. The van der Waals surface area contributed by atoms with E-state index >= 15 is 0 Å². The Morgan fingerprint density at radius 2 is 1.88 bits per heavy atom. The van der Waals surface area contributed by atoms with Crippen molar-refractivity contribution in [2.45, 2.75) is 52.1 Å². The van der Waals surface area contributed by atoms with Crippen LogP contribution in [0.3, 0.4) is 0 Å². The molecule has 16 heavy (non-hydrogen) atoms. The minimum absolute atomic E-state index is 0.0162. The maximum absolute atomic E-state index is 5.88. The van der Waals surface area contributed by atoms with E-state index in [0.29, 0.717) is 5.41 Å². The highest BCUT2D eigenvalue weighted by molar-refractivity contribution is 5.03. The zero-order valence-corrected chi connectivity index (χ0v) is 11.3. The van der Waals surface area contributed by atoms with Gasteiger partial charge < -0.3 is 10.1 Å². The van der Waals surface area contributed by atoms with Crippen molar-refractivity contribution >= 4 is 0 Å². The van der Waals surface area contributed by atoms with E-state index in [2.05, 4.69) is 33.1 Å². The van der Waals surface area contributed by atoms with E-state index in [1.807, 2.05) is 0 Å². The summed E-state index contributed by atoms with van der Waals surface area (Å²) in [5.74, 6) is 2.12. The first-order chi connectivity index (χ1) is 7.44. The Kier molecular flexibility index (Phi) is 3.33. The highest BCUT2D eigenvalue weighted by atomic mass is 16.5. The van der Waals surface area contributed by atoms with E-state index < -0.39 is 0 Å². The third-order valence-corrected chi connectivity index (χ3v) is 4.18. The molecule has 0 aliphatic heterocycles. The Hall–Kier alpha value is -0.0800. The van der Waals surface area contributed by atoms with E-state index in [9.17, 15) is 0 Å². The molecule has 2 heteroatoms. The van der Waals surface area contributed by atoms with Gasteiger partial charge in [0.25, 0.3) is 0 Å². The maximum Gasteiger partial charge on any atom is 0.0598 e. The summed E-state index contributed by atoms with van der Waals surface area (Å²) < 4.78 is 5.88. The molecule has 2 aliphatic carbocycles. The molecule has 0 aromatic heterocycles. The van der Waals surface area contributed by atoms with Gasteiger partial charge in [-0.2, -0.15) is 0 Å². The Balaban J connectivity index is 1.79. The van der Waals surface area contributed by atoms with Gasteiger partial charge in [0, 0.05) is 13.2 Å². The van der Waals surface area contributed by atoms with Crippen LogP contribution in [0.25, 0.3) is 0 Å². The van der Waals surface area contributed by atoms with Crippen molar-refractivity contribution in [3.05, 3.63) is 0 Å². The molecular weight excluding hydrogens is 198 g/mol. The summed E-state index contributed by atoms with van der Waals surface area (Å²) in [6.45, 7) is 8.52. The van der Waals surface area contributed by atoms with Gasteiger partial charge in [0.2, 0.25) is 0 Å². The SMILES string of the molecule is CNCC1(CCOC(C)(C)C)CC2CC2C1. The average Bonchev–Trinajstić information content (AvgIpc) is 2.73. The molecule has 2 nitrogen and oxygen atoms in total. The molecule has 0 spiro atoms. The Morgan fingerprint density at radius 3 is 2.38 bits per heavy atom. The standard InChI is InChI=1S/C14H27NO/c1-13(2,3)16-6-5-14(10-15-4)8-11-7-12(11)9-14/h11-12,15H,5-10H2,1-4H3. The number of rotatable bonds is 5. The third-order valence-electron chi connectivity index (χ3n) is 4.18. The lowest BCUT2D eigenvalue weighted by Gasteiger charge is -2.32. The third kappa shape index (κ3) is 2.98. The fourth-order valence-electron chi connectivity index (χ4n) is 3.39. The predicted octanol–water partition coefficient (Wildman–Crippen LogP) is 2.83. The molecule has 1 N–H and O–H groups in total. The lowest BCUT2D eigenvalue weighted by molar-refractivity contribution is -0.0194. The van der Waals surface area contributed by atoms with Gasteiger partial charge in [0.1, 0.15) is 0 Å². The lowest BCUT2D eigenvalue weighted by atomic mass is 9.80. The van der Waals surface area contributed by atoms with Gasteiger partial charge in [0.05, 0.1) is 5.60 Å². The van der Waals surface area contributed by atoms with Crippen LogP contribution in [0, 0.1) is 17.3 Å². The van der Waals surface area contributed by atoms with Crippen LogP contribution >= 0.6 is 0 Å². The van der Waals surface area contributed by atoms with Crippen LogP contribution in [-0.4, -0.2) is 25.8 Å². The molecule has 2 saturated carbocycles. The average molecular weight is 225 g/mol. The summed E-state index contributed by atoms with van der Waals surface area (Å²) in [5.41, 5.74) is 0.565. The van der Waals surface area contributed by atoms with E-state index in [-0.39, 0.29) is 5.60 Å². The first kappa shape index (κ1) is 12.4. The smallest absolute Gasteiger partial charge is 0.0598 e. The van der Waals surface area contributed by atoms with Crippen LogP contribution in [0.1, 0.15) is 46.5 Å². The second kappa shape index (κ2) is 4.30. The first-order valence-corrected chi connectivity index (χ1v) is 6.73. The van der Waals surface area contributed by atoms with Gasteiger partial charge in [-0.15, -0.1) is 0 Å². The first-order valence-electron chi connectivity index (χ1n) is 6.73. The van der Waals surface area contributed by atoms with Gasteiger partial charge in [-0.1, -0.05) is 0 Å². The molecule has 2 aliphatic rings. The number of nitrogens with one attached hydrogen (secondary N) is 1. The molecule has 2 rings (SSSR count). The molecule has 0 aromatic carbocycles. The number of hydrogen-bond acceptors (Lipinski definition) is 2. The van der Waals surface area contributed by atoms with Crippen molar-refractivity contribution in [3.63, 3.8) is 0 Å². The zero-order valence-electron chi connectivity index (χ0n) is 11.3. The van der Waals surface area contributed by atoms with Crippen molar-refractivity contribution in [2.24, 2.45) is 17.3 Å². The number of ether oxygens (including phenoxy) is 1. The Bertz CT molecular complexity index is 234. The molecule has 0 heterocycles. The van der Waals surface area contributed by atoms with Crippen LogP contribution in [0.5, 0.6) is 0 Å². The van der Waals surface area contributed by atoms with Crippen LogP contribution in [-0.2, 0) is 4.74 Å². The van der Waals surface area contributed by atoms with E-state index in [0.717, 1.165) is 18.4 Å². The maximum atomic E-state index is 5.88. The van der Waals surface area contributed by atoms with E-state index in [1.54, 1.807) is 0 Å².